The monoisotopic (exact) mass is 443 g/mol. The molecule has 1 saturated heterocycles. The molecule has 1 aliphatic heterocycles. The number of nitrogens with one attached hydrogen (secondary N) is 1. The van der Waals surface area contributed by atoms with Gasteiger partial charge in [0.15, 0.2) is 5.11 Å². The number of benzene rings is 3. The fourth-order valence-electron chi connectivity index (χ4n) is 4.40. The summed E-state index contributed by atoms with van der Waals surface area (Å²) in [5.74, 6) is 0.589. The van der Waals surface area contributed by atoms with Gasteiger partial charge in [0.05, 0.1) is 6.04 Å². The first-order valence-electron chi connectivity index (χ1n) is 11.7. The molecule has 0 saturated carbocycles. The normalized spacial score (nSPS) is 15.5. The molecule has 0 radical (unpaired) electrons. The summed E-state index contributed by atoms with van der Waals surface area (Å²) in [5.41, 5.74) is 5.13. The second-order valence-electron chi connectivity index (χ2n) is 8.61. The maximum atomic E-state index is 5.75. The highest BCUT2D eigenvalue weighted by molar-refractivity contribution is 7.80. The topological polar surface area (TPSA) is 18.5 Å². The molecule has 1 N–H and O–H groups in total. The molecule has 0 aromatic heterocycles. The lowest BCUT2D eigenvalue weighted by Crippen LogP contribution is -2.50. The second kappa shape index (κ2) is 10.8. The Morgan fingerprint density at radius 3 is 1.81 bits per heavy atom. The van der Waals surface area contributed by atoms with E-state index in [0.717, 1.165) is 43.4 Å². The van der Waals surface area contributed by atoms with Crippen LogP contribution in [0.2, 0.25) is 0 Å². The van der Waals surface area contributed by atoms with Crippen LogP contribution in [0.5, 0.6) is 0 Å². The summed E-state index contributed by atoms with van der Waals surface area (Å²) in [7, 11) is 0. The molecular formula is C28H33N3S. The van der Waals surface area contributed by atoms with Crippen LogP contribution in [-0.2, 0) is 0 Å². The molecule has 166 valence electrons. The van der Waals surface area contributed by atoms with E-state index in [2.05, 4.69) is 114 Å². The standard InChI is InChI=1S/C28H33N3S/c1-3-22(2)23-14-16-26(17-15-23)29-28(32)31-20-18-30(19-21-31)27(24-10-6-4-7-11-24)25-12-8-5-9-13-25/h4-17,22,27H,3,18-21H2,1-2H3,(H,29,32). The number of hydrogen-bond donors (Lipinski definition) is 1. The average Bonchev–Trinajstić information content (AvgIpc) is 2.86. The van der Waals surface area contributed by atoms with Gasteiger partial charge in [-0.05, 0) is 53.4 Å². The maximum Gasteiger partial charge on any atom is 0.173 e. The molecule has 1 heterocycles. The number of anilines is 1. The van der Waals surface area contributed by atoms with Crippen LogP contribution < -0.4 is 5.32 Å². The zero-order valence-corrected chi connectivity index (χ0v) is 19.9. The molecule has 0 aliphatic carbocycles. The molecule has 3 aromatic carbocycles. The van der Waals surface area contributed by atoms with Crippen LogP contribution in [0.25, 0.3) is 0 Å². The third-order valence-electron chi connectivity index (χ3n) is 6.54. The van der Waals surface area contributed by atoms with Gasteiger partial charge in [-0.3, -0.25) is 4.90 Å². The van der Waals surface area contributed by atoms with Crippen LogP contribution in [0.4, 0.5) is 5.69 Å². The van der Waals surface area contributed by atoms with Gasteiger partial charge in [0.2, 0.25) is 0 Å². The van der Waals surface area contributed by atoms with Crippen molar-refractivity contribution in [2.75, 3.05) is 31.5 Å². The third-order valence-corrected chi connectivity index (χ3v) is 6.90. The summed E-state index contributed by atoms with van der Waals surface area (Å²) < 4.78 is 0. The van der Waals surface area contributed by atoms with Crippen molar-refractivity contribution in [2.24, 2.45) is 0 Å². The second-order valence-corrected chi connectivity index (χ2v) is 9.00. The Bertz CT molecular complexity index is 941. The largest absolute Gasteiger partial charge is 0.346 e. The van der Waals surface area contributed by atoms with Crippen LogP contribution in [0.3, 0.4) is 0 Å². The van der Waals surface area contributed by atoms with Gasteiger partial charge < -0.3 is 10.2 Å². The summed E-state index contributed by atoms with van der Waals surface area (Å²) in [4.78, 5) is 4.87. The Kier molecular flexibility index (Phi) is 7.56. The summed E-state index contributed by atoms with van der Waals surface area (Å²) in [6.45, 7) is 8.29. The highest BCUT2D eigenvalue weighted by Crippen LogP contribution is 2.29. The van der Waals surface area contributed by atoms with E-state index in [0.29, 0.717) is 5.92 Å². The number of thiocarbonyl (C=S) groups is 1. The van der Waals surface area contributed by atoms with Crippen LogP contribution in [0, 0.1) is 0 Å². The lowest BCUT2D eigenvalue weighted by Gasteiger charge is -2.40. The first kappa shape index (κ1) is 22.5. The maximum absolute atomic E-state index is 5.75. The van der Waals surface area contributed by atoms with Gasteiger partial charge in [-0.25, -0.2) is 0 Å². The molecule has 0 spiro atoms. The lowest BCUT2D eigenvalue weighted by molar-refractivity contribution is 0.151. The quantitative estimate of drug-likeness (QED) is 0.450. The predicted molar refractivity (Wildman–Crippen MR) is 139 cm³/mol. The first-order chi connectivity index (χ1) is 15.7. The summed E-state index contributed by atoms with van der Waals surface area (Å²) in [6, 6.07) is 30.6. The van der Waals surface area contributed by atoms with Crippen LogP contribution in [-0.4, -0.2) is 41.1 Å². The fraction of sp³-hybridized carbons (Fsp3) is 0.321. The van der Waals surface area contributed by atoms with Crippen LogP contribution >= 0.6 is 12.2 Å². The van der Waals surface area contributed by atoms with Gasteiger partial charge in [-0.2, -0.15) is 0 Å². The van der Waals surface area contributed by atoms with Gasteiger partial charge in [0, 0.05) is 31.9 Å². The number of hydrogen-bond acceptors (Lipinski definition) is 2. The van der Waals surface area contributed by atoms with Gasteiger partial charge in [-0.15, -0.1) is 0 Å². The Morgan fingerprint density at radius 2 is 1.31 bits per heavy atom. The minimum Gasteiger partial charge on any atom is -0.346 e. The zero-order valence-electron chi connectivity index (χ0n) is 19.1. The van der Waals surface area contributed by atoms with Crippen molar-refractivity contribution in [3.8, 4) is 0 Å². The Morgan fingerprint density at radius 1 is 0.781 bits per heavy atom. The van der Waals surface area contributed by atoms with E-state index in [-0.39, 0.29) is 6.04 Å². The van der Waals surface area contributed by atoms with Crippen LogP contribution in [0.15, 0.2) is 84.9 Å². The van der Waals surface area contributed by atoms with Crippen molar-refractivity contribution >= 4 is 23.0 Å². The van der Waals surface area contributed by atoms with Gasteiger partial charge in [-0.1, -0.05) is 86.6 Å². The third kappa shape index (κ3) is 5.37. The number of nitrogens with zero attached hydrogens (tertiary/aromatic N) is 2. The minimum atomic E-state index is 0.272. The predicted octanol–water partition coefficient (Wildman–Crippen LogP) is 6.30. The van der Waals surface area contributed by atoms with Crippen LogP contribution in [0.1, 0.15) is 48.9 Å². The van der Waals surface area contributed by atoms with Crippen molar-refractivity contribution in [2.45, 2.75) is 32.2 Å². The highest BCUT2D eigenvalue weighted by Gasteiger charge is 2.27. The zero-order chi connectivity index (χ0) is 22.3. The molecule has 0 amide bonds. The van der Waals surface area contributed by atoms with E-state index in [1.165, 1.54) is 16.7 Å². The summed E-state index contributed by atoms with van der Waals surface area (Å²) >= 11 is 5.75. The van der Waals surface area contributed by atoms with Crippen molar-refractivity contribution in [3.05, 3.63) is 102 Å². The Labute approximate surface area is 198 Å². The number of rotatable bonds is 6. The van der Waals surface area contributed by atoms with Crippen molar-refractivity contribution in [1.29, 1.82) is 0 Å². The minimum absolute atomic E-state index is 0.272. The molecule has 3 aromatic rings. The smallest absolute Gasteiger partial charge is 0.173 e. The van der Waals surface area contributed by atoms with Crippen molar-refractivity contribution in [3.63, 3.8) is 0 Å². The molecule has 0 bridgehead atoms. The number of piperazine rings is 1. The molecule has 3 nitrogen and oxygen atoms in total. The summed E-state index contributed by atoms with van der Waals surface area (Å²) in [6.07, 6.45) is 1.16. The molecule has 4 rings (SSSR count). The van der Waals surface area contributed by atoms with E-state index >= 15 is 0 Å². The molecule has 1 fully saturated rings. The molecular weight excluding hydrogens is 410 g/mol. The van der Waals surface area contributed by atoms with Gasteiger partial charge >= 0.3 is 0 Å². The van der Waals surface area contributed by atoms with Gasteiger partial charge in [0.1, 0.15) is 0 Å². The van der Waals surface area contributed by atoms with E-state index < -0.39 is 0 Å². The molecule has 32 heavy (non-hydrogen) atoms. The van der Waals surface area contributed by atoms with Gasteiger partial charge in [0.25, 0.3) is 0 Å². The Hall–Kier alpha value is -2.69. The molecule has 1 unspecified atom stereocenters. The highest BCUT2D eigenvalue weighted by atomic mass is 32.1. The van der Waals surface area contributed by atoms with E-state index in [9.17, 15) is 0 Å². The van der Waals surface area contributed by atoms with Crippen molar-refractivity contribution in [1.82, 2.24) is 9.80 Å². The van der Waals surface area contributed by atoms with E-state index in [1.54, 1.807) is 0 Å². The Balaban J connectivity index is 1.39. The van der Waals surface area contributed by atoms with E-state index in [1.807, 2.05) is 0 Å². The lowest BCUT2D eigenvalue weighted by atomic mass is 9.96. The molecule has 4 heteroatoms. The molecule has 1 aliphatic rings. The van der Waals surface area contributed by atoms with Crippen molar-refractivity contribution < 1.29 is 0 Å². The first-order valence-corrected chi connectivity index (χ1v) is 12.1. The summed E-state index contributed by atoms with van der Waals surface area (Å²) in [5, 5.41) is 4.26. The fourth-order valence-corrected chi connectivity index (χ4v) is 4.70. The van der Waals surface area contributed by atoms with E-state index in [4.69, 9.17) is 12.2 Å². The SMILES string of the molecule is CCC(C)c1ccc(NC(=S)N2CCN(C(c3ccccc3)c3ccccc3)CC2)cc1. The average molecular weight is 444 g/mol. The molecule has 1 atom stereocenters.